The monoisotopic (exact) mass is 282 g/mol. The molecule has 0 bridgehead atoms. The summed E-state index contributed by atoms with van der Waals surface area (Å²) in [4.78, 5) is 19.2. The first kappa shape index (κ1) is 15.6. The number of nitrogens with one attached hydrogen (secondary N) is 1. The lowest BCUT2D eigenvalue weighted by Crippen LogP contribution is -2.57. The van der Waals surface area contributed by atoms with Crippen molar-refractivity contribution in [2.24, 2.45) is 0 Å². The number of nitrogens with zero attached hydrogens (tertiary/aromatic N) is 3. The molecule has 2 saturated heterocycles. The van der Waals surface area contributed by atoms with Crippen molar-refractivity contribution in [3.8, 4) is 0 Å². The Balaban J connectivity index is 1.94. The topological polar surface area (TPSA) is 38.8 Å². The summed E-state index contributed by atoms with van der Waals surface area (Å²) in [6, 6.07) is 0.122. The molecule has 1 unspecified atom stereocenters. The quantitative estimate of drug-likeness (QED) is 0.842. The fraction of sp³-hybridized carbons (Fsp3) is 0.933. The summed E-state index contributed by atoms with van der Waals surface area (Å²) in [5.74, 6) is 0. The fourth-order valence-corrected chi connectivity index (χ4v) is 3.42. The first-order chi connectivity index (χ1) is 9.61. The number of amides is 2. The Kier molecular flexibility index (Phi) is 5.27. The largest absolute Gasteiger partial charge is 0.338 e. The highest BCUT2D eigenvalue weighted by atomic mass is 16.2. The molecule has 2 aliphatic rings. The van der Waals surface area contributed by atoms with Crippen molar-refractivity contribution in [1.29, 1.82) is 0 Å². The second-order valence-electron chi connectivity index (χ2n) is 6.27. The second-order valence-corrected chi connectivity index (χ2v) is 6.27. The average Bonchev–Trinajstić information content (AvgIpc) is 2.91. The lowest BCUT2D eigenvalue weighted by molar-refractivity contribution is 0.0434. The van der Waals surface area contributed by atoms with Gasteiger partial charge in [0.15, 0.2) is 0 Å². The molecule has 2 amide bonds. The summed E-state index contributed by atoms with van der Waals surface area (Å²) < 4.78 is 0. The van der Waals surface area contributed by atoms with E-state index in [1.54, 1.807) is 0 Å². The molecule has 0 aromatic carbocycles. The van der Waals surface area contributed by atoms with Gasteiger partial charge in [-0.2, -0.15) is 0 Å². The summed E-state index contributed by atoms with van der Waals surface area (Å²) in [5.41, 5.74) is 0.213. The Morgan fingerprint density at radius 1 is 1.15 bits per heavy atom. The Labute approximate surface area is 123 Å². The molecule has 0 spiro atoms. The van der Waals surface area contributed by atoms with Crippen molar-refractivity contribution in [1.82, 2.24) is 20.0 Å². The third-order valence-corrected chi connectivity index (χ3v) is 4.98. The second kappa shape index (κ2) is 6.76. The van der Waals surface area contributed by atoms with E-state index in [0.717, 1.165) is 65.1 Å². The highest BCUT2D eigenvalue weighted by Gasteiger charge is 2.43. The van der Waals surface area contributed by atoms with E-state index in [9.17, 15) is 4.79 Å². The van der Waals surface area contributed by atoms with E-state index < -0.39 is 0 Å². The highest BCUT2D eigenvalue weighted by Crippen LogP contribution is 2.32. The van der Waals surface area contributed by atoms with Gasteiger partial charge in [-0.15, -0.1) is 0 Å². The van der Waals surface area contributed by atoms with Gasteiger partial charge in [-0.25, -0.2) is 4.79 Å². The molecular formula is C15H30N4O. The van der Waals surface area contributed by atoms with Gasteiger partial charge >= 0.3 is 6.03 Å². The lowest BCUT2D eigenvalue weighted by Gasteiger charge is -2.45. The molecule has 2 aliphatic heterocycles. The van der Waals surface area contributed by atoms with Crippen LogP contribution in [0.3, 0.4) is 0 Å². The van der Waals surface area contributed by atoms with E-state index in [0.29, 0.717) is 0 Å². The van der Waals surface area contributed by atoms with E-state index in [1.165, 1.54) is 0 Å². The maximum Gasteiger partial charge on any atom is 0.317 e. The molecule has 1 atom stereocenters. The van der Waals surface area contributed by atoms with Crippen LogP contribution in [0, 0.1) is 0 Å². The molecule has 0 aromatic heterocycles. The van der Waals surface area contributed by atoms with E-state index >= 15 is 0 Å². The number of carbonyl (C=O) groups excluding carboxylic acids is 1. The molecular weight excluding hydrogens is 252 g/mol. The smallest absolute Gasteiger partial charge is 0.317 e. The average molecular weight is 282 g/mol. The minimum absolute atomic E-state index is 0.122. The third-order valence-electron chi connectivity index (χ3n) is 4.98. The summed E-state index contributed by atoms with van der Waals surface area (Å²) in [5, 5.41) is 3.01. The molecule has 0 radical (unpaired) electrons. The van der Waals surface area contributed by atoms with Gasteiger partial charge in [-0.3, -0.25) is 4.90 Å². The van der Waals surface area contributed by atoms with Crippen molar-refractivity contribution in [2.45, 2.75) is 38.6 Å². The summed E-state index contributed by atoms with van der Waals surface area (Å²) >= 11 is 0. The van der Waals surface area contributed by atoms with Gasteiger partial charge in [0.25, 0.3) is 0 Å². The SMILES string of the molecule is CCCNC(=O)N1CCC(CC)(N2CCN(C)CC2)C1. The zero-order chi connectivity index (χ0) is 14.6. The minimum atomic E-state index is 0.122. The Hall–Kier alpha value is -0.810. The van der Waals surface area contributed by atoms with Gasteiger partial charge < -0.3 is 15.1 Å². The van der Waals surface area contributed by atoms with Crippen molar-refractivity contribution < 1.29 is 4.79 Å². The molecule has 2 fully saturated rings. The van der Waals surface area contributed by atoms with Crippen molar-refractivity contribution in [2.75, 3.05) is 52.9 Å². The summed E-state index contributed by atoms with van der Waals surface area (Å²) in [6.07, 6.45) is 3.25. The van der Waals surface area contributed by atoms with Gasteiger partial charge in [0.1, 0.15) is 0 Å². The number of likely N-dealkylation sites (N-methyl/N-ethyl adjacent to an activating group) is 1. The molecule has 116 valence electrons. The van der Waals surface area contributed by atoms with E-state index in [2.05, 4.69) is 36.0 Å². The number of rotatable bonds is 4. The van der Waals surface area contributed by atoms with Crippen LogP contribution in [0.15, 0.2) is 0 Å². The molecule has 0 aromatic rings. The Morgan fingerprint density at radius 2 is 1.85 bits per heavy atom. The molecule has 20 heavy (non-hydrogen) atoms. The van der Waals surface area contributed by atoms with Gasteiger partial charge in [0, 0.05) is 51.4 Å². The highest BCUT2D eigenvalue weighted by molar-refractivity contribution is 5.74. The van der Waals surface area contributed by atoms with Crippen LogP contribution in [-0.2, 0) is 0 Å². The van der Waals surface area contributed by atoms with Crippen LogP contribution in [0.5, 0.6) is 0 Å². The van der Waals surface area contributed by atoms with E-state index in [4.69, 9.17) is 0 Å². The number of urea groups is 1. The fourth-order valence-electron chi connectivity index (χ4n) is 3.42. The summed E-state index contributed by atoms with van der Waals surface area (Å²) in [7, 11) is 2.19. The van der Waals surface area contributed by atoms with Crippen molar-refractivity contribution >= 4 is 6.03 Å². The molecule has 2 heterocycles. The van der Waals surface area contributed by atoms with Crippen LogP contribution in [0.1, 0.15) is 33.1 Å². The predicted octanol–water partition coefficient (Wildman–Crippen LogP) is 1.21. The first-order valence-corrected chi connectivity index (χ1v) is 8.07. The first-order valence-electron chi connectivity index (χ1n) is 8.07. The van der Waals surface area contributed by atoms with Gasteiger partial charge in [0.05, 0.1) is 0 Å². The van der Waals surface area contributed by atoms with Crippen molar-refractivity contribution in [3.63, 3.8) is 0 Å². The molecule has 1 N–H and O–H groups in total. The van der Waals surface area contributed by atoms with Crippen LogP contribution >= 0.6 is 0 Å². The van der Waals surface area contributed by atoms with E-state index in [-0.39, 0.29) is 11.6 Å². The summed E-state index contributed by atoms with van der Waals surface area (Å²) in [6.45, 7) is 11.5. The number of hydrogen-bond donors (Lipinski definition) is 1. The molecule has 5 nitrogen and oxygen atoms in total. The molecule has 0 saturated carbocycles. The molecule has 2 rings (SSSR count). The predicted molar refractivity (Wildman–Crippen MR) is 82.0 cm³/mol. The maximum atomic E-state index is 12.1. The minimum Gasteiger partial charge on any atom is -0.338 e. The van der Waals surface area contributed by atoms with E-state index in [1.807, 2.05) is 4.90 Å². The number of hydrogen-bond acceptors (Lipinski definition) is 3. The normalized spacial score (nSPS) is 28.9. The number of likely N-dealkylation sites (tertiary alicyclic amines) is 1. The van der Waals surface area contributed by atoms with Crippen LogP contribution < -0.4 is 5.32 Å². The molecule has 0 aliphatic carbocycles. The maximum absolute atomic E-state index is 12.1. The van der Waals surface area contributed by atoms with Crippen LogP contribution in [0.2, 0.25) is 0 Å². The van der Waals surface area contributed by atoms with Crippen LogP contribution in [0.25, 0.3) is 0 Å². The Bertz CT molecular complexity index is 328. The zero-order valence-electron chi connectivity index (χ0n) is 13.3. The van der Waals surface area contributed by atoms with Crippen LogP contribution in [-0.4, -0.2) is 79.1 Å². The third kappa shape index (κ3) is 3.26. The Morgan fingerprint density at radius 3 is 2.45 bits per heavy atom. The number of piperazine rings is 1. The van der Waals surface area contributed by atoms with Crippen molar-refractivity contribution in [3.05, 3.63) is 0 Å². The standard InChI is InChI=1S/C15H30N4O/c1-4-7-16-14(20)18-8-6-15(5-2,13-18)19-11-9-17(3)10-12-19/h4-13H2,1-3H3,(H,16,20). The zero-order valence-corrected chi connectivity index (χ0v) is 13.3. The lowest BCUT2D eigenvalue weighted by atomic mass is 9.92. The van der Waals surface area contributed by atoms with Gasteiger partial charge in [-0.1, -0.05) is 13.8 Å². The van der Waals surface area contributed by atoms with Gasteiger partial charge in [0.2, 0.25) is 0 Å². The number of carbonyl (C=O) groups is 1. The van der Waals surface area contributed by atoms with Gasteiger partial charge in [-0.05, 0) is 26.3 Å². The van der Waals surface area contributed by atoms with Crippen LogP contribution in [0.4, 0.5) is 4.79 Å². The molecule has 5 heteroatoms.